The summed E-state index contributed by atoms with van der Waals surface area (Å²) in [4.78, 5) is 23.8. The van der Waals surface area contributed by atoms with E-state index in [1.807, 2.05) is 0 Å². The first-order valence-corrected chi connectivity index (χ1v) is 7.98. The van der Waals surface area contributed by atoms with Gasteiger partial charge in [0.25, 0.3) is 0 Å². The minimum absolute atomic E-state index is 0.0415. The van der Waals surface area contributed by atoms with Crippen molar-refractivity contribution in [2.45, 2.75) is 12.8 Å². The van der Waals surface area contributed by atoms with Gasteiger partial charge in [0.1, 0.15) is 6.54 Å². The molecule has 1 aliphatic carbocycles. The van der Waals surface area contributed by atoms with Crippen LogP contribution in [0, 0.1) is 5.92 Å². The maximum Gasteiger partial charge on any atom is 0.323 e. The maximum atomic E-state index is 11.8. The zero-order valence-corrected chi connectivity index (χ0v) is 12.5. The summed E-state index contributed by atoms with van der Waals surface area (Å²) in [6.45, 7) is -0.0124. The molecule has 116 valence electrons. The van der Waals surface area contributed by atoms with Gasteiger partial charge >= 0.3 is 12.0 Å². The van der Waals surface area contributed by atoms with E-state index < -0.39 is 22.0 Å². The van der Waals surface area contributed by atoms with Gasteiger partial charge < -0.3 is 15.3 Å². The number of carbonyl (C=O) groups excluding carboxylic acids is 1. The Kier molecular flexibility index (Phi) is 5.75. The molecule has 0 unspecified atom stereocenters. The molecule has 9 heteroatoms. The molecule has 1 aliphatic rings. The Morgan fingerprint density at radius 1 is 1.30 bits per heavy atom. The number of aliphatic carboxylic acids is 1. The second-order valence-corrected chi connectivity index (χ2v) is 7.35. The molecular weight excluding hydrogens is 286 g/mol. The molecule has 1 fully saturated rings. The van der Waals surface area contributed by atoms with Crippen molar-refractivity contribution >= 4 is 22.0 Å². The van der Waals surface area contributed by atoms with Crippen LogP contribution in [0.5, 0.6) is 0 Å². The fourth-order valence-corrected chi connectivity index (χ4v) is 2.30. The molecule has 2 N–H and O–H groups in total. The minimum atomic E-state index is -3.37. The quantitative estimate of drug-likeness (QED) is 0.622. The van der Waals surface area contributed by atoms with E-state index in [4.69, 9.17) is 5.11 Å². The number of hydrogen-bond acceptors (Lipinski definition) is 4. The standard InChI is InChI=1S/C11H21N3O5S/c1-13(2)20(18,19)6-5-12-11(17)14(8-10(15)16)7-9-3-4-9/h9H,3-8H2,1-2H3,(H,12,17)(H,15,16). The van der Waals surface area contributed by atoms with Crippen molar-refractivity contribution < 1.29 is 23.1 Å². The van der Waals surface area contributed by atoms with Crippen LogP contribution in [0.25, 0.3) is 0 Å². The van der Waals surface area contributed by atoms with Gasteiger partial charge in [0, 0.05) is 27.2 Å². The summed E-state index contributed by atoms with van der Waals surface area (Å²) < 4.78 is 24.1. The first-order chi connectivity index (χ1) is 9.22. The third-order valence-electron chi connectivity index (χ3n) is 2.98. The van der Waals surface area contributed by atoms with Crippen LogP contribution in [0.15, 0.2) is 0 Å². The average molecular weight is 307 g/mol. The summed E-state index contributed by atoms with van der Waals surface area (Å²) in [6, 6.07) is -0.534. The number of rotatable bonds is 8. The molecule has 0 atom stereocenters. The van der Waals surface area contributed by atoms with Crippen LogP contribution in [-0.2, 0) is 14.8 Å². The number of nitrogens with one attached hydrogen (secondary N) is 1. The Hall–Kier alpha value is -1.35. The third kappa shape index (κ3) is 5.74. The summed E-state index contributed by atoms with van der Waals surface area (Å²) in [5.74, 6) is -0.928. The predicted molar refractivity (Wildman–Crippen MR) is 72.8 cm³/mol. The minimum Gasteiger partial charge on any atom is -0.480 e. The first kappa shape index (κ1) is 16.7. The number of sulfonamides is 1. The first-order valence-electron chi connectivity index (χ1n) is 6.37. The topological polar surface area (TPSA) is 107 Å². The summed E-state index contributed by atoms with van der Waals surface area (Å²) >= 11 is 0. The molecule has 1 rings (SSSR count). The van der Waals surface area contributed by atoms with Crippen molar-refractivity contribution in [2.75, 3.05) is 39.5 Å². The highest BCUT2D eigenvalue weighted by molar-refractivity contribution is 7.89. The summed E-state index contributed by atoms with van der Waals surface area (Å²) in [6.07, 6.45) is 2.00. The van der Waals surface area contributed by atoms with Crippen molar-refractivity contribution in [3.63, 3.8) is 0 Å². The van der Waals surface area contributed by atoms with Gasteiger partial charge in [-0.25, -0.2) is 17.5 Å². The molecule has 0 saturated heterocycles. The predicted octanol–water partition coefficient (Wildman–Crippen LogP) is -0.616. The molecule has 0 heterocycles. The zero-order chi connectivity index (χ0) is 15.3. The van der Waals surface area contributed by atoms with E-state index in [-0.39, 0.29) is 18.8 Å². The van der Waals surface area contributed by atoms with E-state index in [1.54, 1.807) is 0 Å². The Bertz CT molecular complexity index is 459. The van der Waals surface area contributed by atoms with Gasteiger partial charge in [-0.15, -0.1) is 0 Å². The van der Waals surface area contributed by atoms with Crippen molar-refractivity contribution in [1.82, 2.24) is 14.5 Å². The maximum absolute atomic E-state index is 11.8. The molecule has 0 aromatic rings. The summed E-state index contributed by atoms with van der Waals surface area (Å²) in [5, 5.41) is 11.2. The molecule has 0 aliphatic heterocycles. The lowest BCUT2D eigenvalue weighted by atomic mass is 10.3. The fraction of sp³-hybridized carbons (Fsp3) is 0.818. The van der Waals surface area contributed by atoms with Crippen LogP contribution in [0.1, 0.15) is 12.8 Å². The van der Waals surface area contributed by atoms with Crippen molar-refractivity contribution in [2.24, 2.45) is 5.92 Å². The van der Waals surface area contributed by atoms with Crippen molar-refractivity contribution in [3.8, 4) is 0 Å². The van der Waals surface area contributed by atoms with Crippen LogP contribution >= 0.6 is 0 Å². The van der Waals surface area contributed by atoms with E-state index in [2.05, 4.69) is 5.32 Å². The molecular formula is C11H21N3O5S. The highest BCUT2D eigenvalue weighted by Crippen LogP contribution is 2.29. The smallest absolute Gasteiger partial charge is 0.323 e. The Morgan fingerprint density at radius 2 is 1.90 bits per heavy atom. The van der Waals surface area contributed by atoms with Crippen LogP contribution in [-0.4, -0.2) is 74.2 Å². The number of hydrogen-bond donors (Lipinski definition) is 2. The fourth-order valence-electron chi connectivity index (χ4n) is 1.58. The Balaban J connectivity index is 2.43. The van der Waals surface area contributed by atoms with Gasteiger partial charge in [-0.3, -0.25) is 4.79 Å². The molecule has 1 saturated carbocycles. The highest BCUT2D eigenvalue weighted by Gasteiger charge is 2.28. The van der Waals surface area contributed by atoms with Crippen LogP contribution < -0.4 is 5.32 Å². The Labute approximate surface area is 118 Å². The monoisotopic (exact) mass is 307 g/mol. The number of urea groups is 1. The molecule has 0 aromatic carbocycles. The van der Waals surface area contributed by atoms with E-state index in [9.17, 15) is 18.0 Å². The van der Waals surface area contributed by atoms with E-state index in [1.165, 1.54) is 19.0 Å². The lowest BCUT2D eigenvalue weighted by Crippen LogP contribution is -2.45. The molecule has 0 radical (unpaired) electrons. The van der Waals surface area contributed by atoms with Crippen LogP contribution in [0.2, 0.25) is 0 Å². The SMILES string of the molecule is CN(C)S(=O)(=O)CCNC(=O)N(CC(=O)O)CC1CC1. The molecule has 2 amide bonds. The van der Waals surface area contributed by atoms with Gasteiger partial charge in [-0.05, 0) is 18.8 Å². The molecule has 0 aromatic heterocycles. The second kappa shape index (κ2) is 6.89. The van der Waals surface area contributed by atoms with Gasteiger partial charge in [-0.1, -0.05) is 0 Å². The summed E-state index contributed by atoms with van der Waals surface area (Å²) in [5.41, 5.74) is 0. The lowest BCUT2D eigenvalue weighted by Gasteiger charge is -2.21. The third-order valence-corrected chi connectivity index (χ3v) is 4.81. The number of nitrogens with zero attached hydrogens (tertiary/aromatic N) is 2. The molecule has 0 spiro atoms. The van der Waals surface area contributed by atoms with Gasteiger partial charge in [0.15, 0.2) is 0 Å². The Morgan fingerprint density at radius 3 is 2.35 bits per heavy atom. The lowest BCUT2D eigenvalue weighted by molar-refractivity contribution is -0.137. The molecule has 0 bridgehead atoms. The zero-order valence-electron chi connectivity index (χ0n) is 11.7. The van der Waals surface area contributed by atoms with Crippen LogP contribution in [0.4, 0.5) is 4.79 Å². The van der Waals surface area contributed by atoms with Gasteiger partial charge in [0.2, 0.25) is 10.0 Å². The highest BCUT2D eigenvalue weighted by atomic mass is 32.2. The average Bonchev–Trinajstić information content (AvgIpc) is 3.10. The molecule has 20 heavy (non-hydrogen) atoms. The number of amides is 2. The van der Waals surface area contributed by atoms with E-state index in [0.29, 0.717) is 12.5 Å². The van der Waals surface area contributed by atoms with Crippen molar-refractivity contribution in [1.29, 1.82) is 0 Å². The summed E-state index contributed by atoms with van der Waals surface area (Å²) in [7, 11) is -0.534. The van der Waals surface area contributed by atoms with Crippen molar-refractivity contribution in [3.05, 3.63) is 0 Å². The van der Waals surface area contributed by atoms with E-state index in [0.717, 1.165) is 17.1 Å². The van der Waals surface area contributed by atoms with Gasteiger partial charge in [-0.2, -0.15) is 0 Å². The number of carboxylic acid groups (broad SMARTS) is 1. The number of carbonyl (C=O) groups is 2. The van der Waals surface area contributed by atoms with E-state index >= 15 is 0 Å². The molecule has 8 nitrogen and oxygen atoms in total. The largest absolute Gasteiger partial charge is 0.480 e. The second-order valence-electron chi connectivity index (χ2n) is 5.05. The number of carboxylic acids is 1. The normalized spacial score (nSPS) is 15.2. The van der Waals surface area contributed by atoms with Gasteiger partial charge in [0.05, 0.1) is 5.75 Å². The van der Waals surface area contributed by atoms with Crippen LogP contribution in [0.3, 0.4) is 0 Å².